The van der Waals surface area contributed by atoms with Gasteiger partial charge in [0, 0.05) is 18.3 Å². The van der Waals surface area contributed by atoms with Gasteiger partial charge in [-0.15, -0.1) is 13.2 Å². The van der Waals surface area contributed by atoms with E-state index >= 15 is 0 Å². The maximum Gasteiger partial charge on any atom is 0.573 e. The molecule has 1 aromatic heterocycles. The van der Waals surface area contributed by atoms with E-state index in [1.54, 1.807) is 0 Å². The van der Waals surface area contributed by atoms with E-state index in [0.717, 1.165) is 34.9 Å². The van der Waals surface area contributed by atoms with Crippen LogP contribution in [0.15, 0.2) is 58.4 Å². The van der Waals surface area contributed by atoms with Crippen LogP contribution in [-0.2, 0) is 16.4 Å². The lowest BCUT2D eigenvalue weighted by Gasteiger charge is -2.13. The van der Waals surface area contributed by atoms with Crippen molar-refractivity contribution in [3.63, 3.8) is 0 Å². The molecule has 12 heteroatoms. The Morgan fingerprint density at radius 3 is 2.45 bits per heavy atom. The molecule has 0 N–H and O–H groups in total. The van der Waals surface area contributed by atoms with Crippen molar-refractivity contribution in [2.45, 2.75) is 24.7 Å². The highest BCUT2D eigenvalue weighted by atomic mass is 32.2. The summed E-state index contributed by atoms with van der Waals surface area (Å²) in [7, 11) is -3.76. The number of halogens is 3. The van der Waals surface area contributed by atoms with Crippen LogP contribution in [0.3, 0.4) is 0 Å². The second kappa shape index (κ2) is 8.02. The molecular weight excluding hydrogens is 441 g/mol. The van der Waals surface area contributed by atoms with Gasteiger partial charge in [0.25, 0.3) is 11.2 Å². The molecule has 0 saturated heterocycles. The van der Waals surface area contributed by atoms with Gasteiger partial charge in [0.15, 0.2) is 9.84 Å². The number of fused-ring (bicyclic) bond motifs is 1. The maximum atomic E-state index is 12.8. The standard InChI is InChI=1S/C19H15F3N2O6S/c1-2-31(28,29)17-6-4-14(24(26)27)9-13(17)11-23-8-7-12-3-5-15(30-19(20,21)22)10-16(12)18(23)25/h3-10H,2,11H2,1H3. The summed E-state index contributed by atoms with van der Waals surface area (Å²) in [4.78, 5) is 23.1. The summed E-state index contributed by atoms with van der Waals surface area (Å²) in [6.07, 6.45) is -3.61. The van der Waals surface area contributed by atoms with Gasteiger partial charge in [-0.05, 0) is 35.2 Å². The smallest absolute Gasteiger partial charge is 0.406 e. The maximum absolute atomic E-state index is 12.8. The van der Waals surface area contributed by atoms with Crippen molar-refractivity contribution in [3.05, 3.63) is 74.7 Å². The number of sulfone groups is 1. The Bertz CT molecular complexity index is 1330. The average molecular weight is 456 g/mol. The Morgan fingerprint density at radius 1 is 1.13 bits per heavy atom. The molecule has 0 fully saturated rings. The molecule has 0 aliphatic carbocycles. The number of nitro benzene ring substituents is 1. The number of alkyl halides is 3. The monoisotopic (exact) mass is 456 g/mol. The quantitative estimate of drug-likeness (QED) is 0.414. The normalized spacial score (nSPS) is 12.1. The summed E-state index contributed by atoms with van der Waals surface area (Å²) in [5.41, 5.74) is -1.06. The van der Waals surface area contributed by atoms with E-state index in [1.807, 2.05) is 0 Å². The lowest BCUT2D eigenvalue weighted by Crippen LogP contribution is -2.22. The Hall–Kier alpha value is -3.41. The minimum absolute atomic E-state index is 0.0141. The van der Waals surface area contributed by atoms with E-state index in [1.165, 1.54) is 25.3 Å². The third kappa shape index (κ3) is 4.85. The van der Waals surface area contributed by atoms with Crippen LogP contribution < -0.4 is 10.3 Å². The van der Waals surface area contributed by atoms with Crippen LogP contribution in [0.1, 0.15) is 12.5 Å². The Kier molecular flexibility index (Phi) is 5.77. The molecule has 2 aromatic carbocycles. The minimum Gasteiger partial charge on any atom is -0.406 e. The molecule has 0 bridgehead atoms. The molecule has 1 heterocycles. The molecule has 0 unspecified atom stereocenters. The van der Waals surface area contributed by atoms with Crippen molar-refractivity contribution in [1.82, 2.24) is 4.57 Å². The zero-order valence-electron chi connectivity index (χ0n) is 15.9. The molecule has 0 aliphatic heterocycles. The van der Waals surface area contributed by atoms with Crippen molar-refractivity contribution in [2.75, 3.05) is 5.75 Å². The van der Waals surface area contributed by atoms with E-state index in [0.29, 0.717) is 5.39 Å². The fraction of sp³-hybridized carbons (Fsp3) is 0.211. The third-order valence-electron chi connectivity index (χ3n) is 4.49. The molecule has 31 heavy (non-hydrogen) atoms. The number of nitrogens with zero attached hydrogens (tertiary/aromatic N) is 2. The number of pyridine rings is 1. The predicted octanol–water partition coefficient (Wildman–Crippen LogP) is 3.65. The number of hydrogen-bond donors (Lipinski definition) is 0. The lowest BCUT2D eigenvalue weighted by molar-refractivity contribution is -0.385. The Morgan fingerprint density at radius 2 is 1.84 bits per heavy atom. The summed E-state index contributed by atoms with van der Waals surface area (Å²) in [5, 5.41) is 11.4. The second-order valence-electron chi connectivity index (χ2n) is 6.50. The molecule has 0 saturated carbocycles. The zero-order chi connectivity index (χ0) is 23.0. The molecular formula is C19H15F3N2O6S. The van der Waals surface area contributed by atoms with Crippen LogP contribution in [0.2, 0.25) is 0 Å². The topological polar surface area (TPSA) is 109 Å². The number of aromatic nitrogens is 1. The van der Waals surface area contributed by atoms with E-state index in [2.05, 4.69) is 4.74 Å². The van der Waals surface area contributed by atoms with Crippen molar-refractivity contribution < 1.29 is 31.2 Å². The highest BCUT2D eigenvalue weighted by molar-refractivity contribution is 7.91. The van der Waals surface area contributed by atoms with Crippen LogP contribution in [0.5, 0.6) is 5.75 Å². The predicted molar refractivity (Wildman–Crippen MR) is 105 cm³/mol. The van der Waals surface area contributed by atoms with Gasteiger partial charge in [-0.3, -0.25) is 14.9 Å². The summed E-state index contributed by atoms with van der Waals surface area (Å²) < 4.78 is 67.1. The number of hydrogen-bond acceptors (Lipinski definition) is 6. The first kappa shape index (κ1) is 22.3. The van der Waals surface area contributed by atoms with E-state index in [4.69, 9.17) is 0 Å². The second-order valence-corrected chi connectivity index (χ2v) is 8.74. The molecule has 0 aliphatic rings. The van der Waals surface area contributed by atoms with Crippen LogP contribution in [0, 0.1) is 10.1 Å². The molecule has 0 spiro atoms. The SMILES string of the molecule is CCS(=O)(=O)c1ccc([N+](=O)[O-])cc1Cn1ccc2ccc(OC(F)(F)F)cc2c1=O. The Balaban J connectivity index is 2.13. The van der Waals surface area contributed by atoms with Gasteiger partial charge < -0.3 is 9.30 Å². The van der Waals surface area contributed by atoms with E-state index < -0.39 is 32.4 Å². The zero-order valence-corrected chi connectivity index (χ0v) is 16.7. The van der Waals surface area contributed by atoms with E-state index in [-0.39, 0.29) is 33.8 Å². The summed E-state index contributed by atoms with van der Waals surface area (Å²) in [5.74, 6) is -0.845. The molecule has 0 radical (unpaired) electrons. The van der Waals surface area contributed by atoms with E-state index in [9.17, 15) is 36.5 Å². The summed E-state index contributed by atoms with van der Waals surface area (Å²) in [6, 6.07) is 7.94. The Labute approximate surface area is 173 Å². The number of non-ortho nitro benzene ring substituents is 1. The molecule has 164 valence electrons. The van der Waals surface area contributed by atoms with Crippen molar-refractivity contribution in [2.24, 2.45) is 0 Å². The minimum atomic E-state index is -4.94. The third-order valence-corrected chi connectivity index (χ3v) is 6.32. The molecule has 8 nitrogen and oxygen atoms in total. The van der Waals surface area contributed by atoms with Gasteiger partial charge >= 0.3 is 6.36 Å². The number of ether oxygens (including phenoxy) is 1. The average Bonchev–Trinajstić information content (AvgIpc) is 2.69. The number of nitro groups is 1. The fourth-order valence-electron chi connectivity index (χ4n) is 3.03. The van der Waals surface area contributed by atoms with Crippen molar-refractivity contribution in [3.8, 4) is 5.75 Å². The summed E-state index contributed by atoms with van der Waals surface area (Å²) >= 11 is 0. The van der Waals surface area contributed by atoms with Gasteiger partial charge in [-0.2, -0.15) is 0 Å². The molecule has 0 atom stereocenters. The molecule has 3 aromatic rings. The first-order valence-electron chi connectivity index (χ1n) is 8.80. The van der Waals surface area contributed by atoms with Gasteiger partial charge in [-0.25, -0.2) is 8.42 Å². The van der Waals surface area contributed by atoms with Crippen LogP contribution >= 0.6 is 0 Å². The van der Waals surface area contributed by atoms with Gasteiger partial charge in [0.05, 0.1) is 27.5 Å². The molecule has 3 rings (SSSR count). The van der Waals surface area contributed by atoms with Crippen LogP contribution in [0.4, 0.5) is 18.9 Å². The first-order valence-corrected chi connectivity index (χ1v) is 10.5. The highest BCUT2D eigenvalue weighted by Gasteiger charge is 2.31. The molecule has 0 amide bonds. The summed E-state index contributed by atoms with van der Waals surface area (Å²) in [6.45, 7) is 1.07. The van der Waals surface area contributed by atoms with Crippen LogP contribution in [0.25, 0.3) is 10.8 Å². The van der Waals surface area contributed by atoms with Crippen molar-refractivity contribution >= 4 is 26.3 Å². The van der Waals surface area contributed by atoms with Gasteiger partial charge in [0.2, 0.25) is 0 Å². The number of rotatable bonds is 6. The highest BCUT2D eigenvalue weighted by Crippen LogP contribution is 2.26. The van der Waals surface area contributed by atoms with Crippen molar-refractivity contribution in [1.29, 1.82) is 0 Å². The van der Waals surface area contributed by atoms with Gasteiger partial charge in [0.1, 0.15) is 5.75 Å². The first-order chi connectivity index (χ1) is 14.4. The fourth-order valence-corrected chi connectivity index (χ4v) is 4.13. The largest absolute Gasteiger partial charge is 0.573 e. The lowest BCUT2D eigenvalue weighted by atomic mass is 10.1. The van der Waals surface area contributed by atoms with Crippen LogP contribution in [-0.4, -0.2) is 30.0 Å². The number of benzene rings is 2. The van der Waals surface area contributed by atoms with Gasteiger partial charge in [-0.1, -0.05) is 13.0 Å².